The van der Waals surface area contributed by atoms with Crippen LogP contribution in [0.25, 0.3) is 0 Å². The lowest BCUT2D eigenvalue weighted by Gasteiger charge is -2.38. The highest BCUT2D eigenvalue weighted by Gasteiger charge is 2.37. The molecular formula is C23H32IN5O2S. The van der Waals surface area contributed by atoms with Gasteiger partial charge in [-0.1, -0.05) is 20.8 Å². The molecule has 7 nitrogen and oxygen atoms in total. The standard InChI is InChI=1S/C23H32IN5O2S/c1-23(2,3)19(27-21(31)26-17-8-6-16(24)7-9-17)20(30)29-12-10-15(11-13-29)18-14-28(5)22(25-4)32-18/h6-9,14-15,19H,10-13H2,1-5H3,(H2,26,27,31)/t19-/m0/s1. The van der Waals surface area contributed by atoms with Crippen molar-refractivity contribution < 1.29 is 9.59 Å². The van der Waals surface area contributed by atoms with Crippen molar-refractivity contribution in [1.82, 2.24) is 14.8 Å². The number of aryl methyl sites for hydroxylation is 1. The first-order valence-electron chi connectivity index (χ1n) is 10.8. The minimum atomic E-state index is -0.604. The lowest BCUT2D eigenvalue weighted by molar-refractivity contribution is -0.136. The Morgan fingerprint density at radius 3 is 2.34 bits per heavy atom. The van der Waals surface area contributed by atoms with E-state index < -0.39 is 11.5 Å². The molecule has 1 saturated heterocycles. The summed E-state index contributed by atoms with van der Waals surface area (Å²) in [4.78, 5) is 34.6. The molecule has 9 heteroatoms. The number of aromatic nitrogens is 1. The van der Waals surface area contributed by atoms with Crippen LogP contribution in [0.4, 0.5) is 10.5 Å². The van der Waals surface area contributed by atoms with Crippen molar-refractivity contribution in [2.45, 2.75) is 45.6 Å². The number of rotatable bonds is 4. The molecule has 3 rings (SSSR count). The molecule has 1 fully saturated rings. The number of nitrogens with one attached hydrogen (secondary N) is 2. The maximum Gasteiger partial charge on any atom is 0.319 e. The number of likely N-dealkylation sites (tertiary alicyclic amines) is 1. The Bertz CT molecular complexity index is 1010. The summed E-state index contributed by atoms with van der Waals surface area (Å²) in [6, 6.07) is 6.59. The first-order chi connectivity index (χ1) is 15.1. The number of carbonyl (C=O) groups is 2. The fraction of sp³-hybridized carbons (Fsp3) is 0.522. The van der Waals surface area contributed by atoms with Crippen LogP contribution in [0, 0.1) is 8.99 Å². The van der Waals surface area contributed by atoms with Gasteiger partial charge < -0.3 is 20.1 Å². The molecule has 1 aromatic heterocycles. The highest BCUT2D eigenvalue weighted by molar-refractivity contribution is 14.1. The molecule has 1 aliphatic rings. The van der Waals surface area contributed by atoms with Crippen molar-refractivity contribution in [2.75, 3.05) is 25.5 Å². The van der Waals surface area contributed by atoms with Crippen molar-refractivity contribution in [2.24, 2.45) is 17.5 Å². The molecular weight excluding hydrogens is 537 g/mol. The van der Waals surface area contributed by atoms with E-state index in [4.69, 9.17) is 0 Å². The number of anilines is 1. The van der Waals surface area contributed by atoms with Crippen LogP contribution in [0.2, 0.25) is 0 Å². The average molecular weight is 570 g/mol. The third-order valence-electron chi connectivity index (χ3n) is 5.72. The summed E-state index contributed by atoms with van der Waals surface area (Å²) < 4.78 is 3.15. The monoisotopic (exact) mass is 569 g/mol. The van der Waals surface area contributed by atoms with Crippen LogP contribution in [0.3, 0.4) is 0 Å². The minimum absolute atomic E-state index is 0.0188. The van der Waals surface area contributed by atoms with Gasteiger partial charge in [-0.2, -0.15) is 0 Å². The molecule has 2 heterocycles. The van der Waals surface area contributed by atoms with Crippen molar-refractivity contribution in [3.8, 4) is 0 Å². The van der Waals surface area contributed by atoms with Gasteiger partial charge in [-0.25, -0.2) is 4.79 Å². The van der Waals surface area contributed by atoms with E-state index in [1.165, 1.54) is 4.88 Å². The second-order valence-electron chi connectivity index (χ2n) is 9.25. The zero-order chi connectivity index (χ0) is 23.5. The summed E-state index contributed by atoms with van der Waals surface area (Å²) in [5.41, 5.74) is 0.294. The van der Waals surface area contributed by atoms with Crippen LogP contribution in [0.1, 0.15) is 44.4 Å². The molecule has 0 spiro atoms. The van der Waals surface area contributed by atoms with Crippen LogP contribution in [-0.4, -0.2) is 47.6 Å². The Morgan fingerprint density at radius 2 is 1.81 bits per heavy atom. The molecule has 0 radical (unpaired) electrons. The highest BCUT2D eigenvalue weighted by atomic mass is 127. The molecule has 32 heavy (non-hydrogen) atoms. The smallest absolute Gasteiger partial charge is 0.319 e. The van der Waals surface area contributed by atoms with Gasteiger partial charge in [0.15, 0.2) is 4.80 Å². The van der Waals surface area contributed by atoms with Gasteiger partial charge in [0.05, 0.1) is 0 Å². The normalized spacial score (nSPS) is 16.7. The number of thiazole rings is 1. The predicted molar refractivity (Wildman–Crippen MR) is 138 cm³/mol. The van der Waals surface area contributed by atoms with E-state index in [2.05, 4.69) is 49.0 Å². The van der Waals surface area contributed by atoms with Crippen molar-refractivity contribution >= 4 is 51.6 Å². The van der Waals surface area contributed by atoms with Crippen molar-refractivity contribution in [3.63, 3.8) is 0 Å². The van der Waals surface area contributed by atoms with Crippen LogP contribution >= 0.6 is 33.9 Å². The van der Waals surface area contributed by atoms with Crippen molar-refractivity contribution in [3.05, 3.63) is 43.7 Å². The van der Waals surface area contributed by atoms with Gasteiger partial charge in [0.25, 0.3) is 0 Å². The van der Waals surface area contributed by atoms with E-state index in [0.29, 0.717) is 24.7 Å². The van der Waals surface area contributed by atoms with Gasteiger partial charge in [-0.05, 0) is 71.0 Å². The third-order valence-corrected chi connectivity index (χ3v) is 7.77. The zero-order valence-electron chi connectivity index (χ0n) is 19.3. The fourth-order valence-electron chi connectivity index (χ4n) is 3.89. The third kappa shape index (κ3) is 6.12. The number of piperidine rings is 1. The Balaban J connectivity index is 1.63. The van der Waals surface area contributed by atoms with Crippen molar-refractivity contribution in [1.29, 1.82) is 0 Å². The highest BCUT2D eigenvalue weighted by Crippen LogP contribution is 2.31. The molecule has 2 aromatic rings. The summed E-state index contributed by atoms with van der Waals surface area (Å²) in [6.07, 6.45) is 3.99. The maximum atomic E-state index is 13.4. The molecule has 3 amide bonds. The molecule has 174 valence electrons. The second-order valence-corrected chi connectivity index (χ2v) is 11.5. The molecule has 1 aliphatic heterocycles. The summed E-state index contributed by atoms with van der Waals surface area (Å²) >= 11 is 3.94. The molecule has 1 aromatic carbocycles. The van der Waals surface area contributed by atoms with E-state index in [1.807, 2.05) is 64.0 Å². The number of halogens is 1. The quantitative estimate of drug-likeness (QED) is 0.543. The van der Waals surface area contributed by atoms with E-state index >= 15 is 0 Å². The lowest BCUT2D eigenvalue weighted by Crippen LogP contribution is -2.56. The number of nitrogens with zero attached hydrogens (tertiary/aromatic N) is 3. The molecule has 0 aliphatic carbocycles. The summed E-state index contributed by atoms with van der Waals surface area (Å²) in [6.45, 7) is 7.33. The topological polar surface area (TPSA) is 78.7 Å². The zero-order valence-corrected chi connectivity index (χ0v) is 22.3. The maximum absolute atomic E-state index is 13.4. The van der Waals surface area contributed by atoms with E-state index in [-0.39, 0.29) is 11.9 Å². The van der Waals surface area contributed by atoms with Crippen LogP contribution in [0.5, 0.6) is 0 Å². The van der Waals surface area contributed by atoms with Crippen LogP contribution < -0.4 is 15.4 Å². The number of urea groups is 1. The molecule has 2 N–H and O–H groups in total. The largest absolute Gasteiger partial charge is 0.341 e. The van der Waals surface area contributed by atoms with Gasteiger partial charge in [-0.15, -0.1) is 11.3 Å². The van der Waals surface area contributed by atoms with Crippen LogP contribution in [-0.2, 0) is 11.8 Å². The summed E-state index contributed by atoms with van der Waals surface area (Å²) in [5.74, 6) is 0.422. The number of amides is 3. The Kier molecular flexibility index (Phi) is 8.02. The number of carbonyl (C=O) groups excluding carboxylic acids is 2. The lowest BCUT2D eigenvalue weighted by atomic mass is 9.85. The Labute approximate surface area is 207 Å². The molecule has 1 atom stereocenters. The number of hydrogen-bond donors (Lipinski definition) is 2. The number of hydrogen-bond acceptors (Lipinski definition) is 4. The van der Waals surface area contributed by atoms with Gasteiger partial charge in [0.2, 0.25) is 5.91 Å². The molecule has 0 unspecified atom stereocenters. The second kappa shape index (κ2) is 10.4. The predicted octanol–water partition coefficient (Wildman–Crippen LogP) is 4.16. The average Bonchev–Trinajstić information content (AvgIpc) is 3.13. The van der Waals surface area contributed by atoms with Gasteiger partial charge in [-0.3, -0.25) is 9.79 Å². The van der Waals surface area contributed by atoms with E-state index in [9.17, 15) is 9.59 Å². The fourth-order valence-corrected chi connectivity index (χ4v) is 5.36. The van der Waals surface area contributed by atoms with Crippen LogP contribution in [0.15, 0.2) is 35.5 Å². The van der Waals surface area contributed by atoms with Gasteiger partial charge >= 0.3 is 6.03 Å². The SMILES string of the molecule is CN=c1sc(C2CCN(C(=O)[C@H](NC(=O)Nc3ccc(I)cc3)C(C)(C)C)CC2)cn1C. The summed E-state index contributed by atoms with van der Waals surface area (Å²) in [5, 5.41) is 5.76. The molecule has 0 bridgehead atoms. The Morgan fingerprint density at radius 1 is 1.19 bits per heavy atom. The summed E-state index contributed by atoms with van der Waals surface area (Å²) in [7, 11) is 3.83. The van der Waals surface area contributed by atoms with Gasteiger partial charge in [0, 0.05) is 47.5 Å². The van der Waals surface area contributed by atoms with E-state index in [1.54, 1.807) is 11.3 Å². The van der Waals surface area contributed by atoms with E-state index in [0.717, 1.165) is 21.2 Å². The molecule has 0 saturated carbocycles. The number of benzene rings is 1. The minimum Gasteiger partial charge on any atom is -0.341 e. The Hall–Kier alpha value is -1.88. The first kappa shape index (κ1) is 24.8. The first-order valence-corrected chi connectivity index (χ1v) is 12.7. The van der Waals surface area contributed by atoms with Gasteiger partial charge in [0.1, 0.15) is 6.04 Å².